The number of hydrogen-bond acceptors (Lipinski definition) is 3. The highest BCUT2D eigenvalue weighted by atomic mass is 19.1. The molecule has 2 amide bonds. The van der Waals surface area contributed by atoms with Crippen LogP contribution < -0.4 is 10.6 Å². The average molecular weight is 343 g/mol. The van der Waals surface area contributed by atoms with Crippen LogP contribution in [0.1, 0.15) is 18.5 Å². The summed E-state index contributed by atoms with van der Waals surface area (Å²) in [5.41, 5.74) is 1.54. The molecule has 5 nitrogen and oxygen atoms in total. The van der Waals surface area contributed by atoms with E-state index in [2.05, 4.69) is 10.6 Å². The molecule has 0 aromatic heterocycles. The number of carbonyl (C=O) groups is 2. The maximum atomic E-state index is 12.8. The van der Waals surface area contributed by atoms with Crippen LogP contribution in [0.5, 0.6) is 0 Å². The van der Waals surface area contributed by atoms with Gasteiger partial charge in [-0.3, -0.25) is 14.5 Å². The van der Waals surface area contributed by atoms with Crippen molar-refractivity contribution < 1.29 is 14.0 Å². The summed E-state index contributed by atoms with van der Waals surface area (Å²) >= 11 is 0. The Kier molecular flexibility index (Phi) is 6.65. The molecule has 0 fully saturated rings. The minimum Gasteiger partial charge on any atom is -0.348 e. The van der Waals surface area contributed by atoms with Gasteiger partial charge in [0, 0.05) is 5.69 Å². The molecule has 0 aliphatic rings. The maximum Gasteiger partial charge on any atom is 0.238 e. The lowest BCUT2D eigenvalue weighted by Crippen LogP contribution is -2.39. The van der Waals surface area contributed by atoms with Crippen LogP contribution in [0.15, 0.2) is 54.6 Å². The Morgan fingerprint density at radius 1 is 1.00 bits per heavy atom. The molecular formula is C19H22FN3O2. The normalized spacial score (nSPS) is 11.8. The zero-order valence-electron chi connectivity index (χ0n) is 14.3. The highest BCUT2D eigenvalue weighted by Gasteiger charge is 2.13. The van der Waals surface area contributed by atoms with Gasteiger partial charge in [0.05, 0.1) is 19.1 Å². The van der Waals surface area contributed by atoms with Gasteiger partial charge in [0.1, 0.15) is 5.82 Å². The molecule has 0 saturated heterocycles. The zero-order chi connectivity index (χ0) is 18.2. The molecule has 0 bridgehead atoms. The summed E-state index contributed by atoms with van der Waals surface area (Å²) in [5, 5.41) is 5.56. The van der Waals surface area contributed by atoms with Crippen molar-refractivity contribution in [1.82, 2.24) is 10.2 Å². The molecule has 2 aromatic carbocycles. The molecule has 2 N–H and O–H groups in total. The van der Waals surface area contributed by atoms with Crippen LogP contribution in [0.3, 0.4) is 0 Å². The molecule has 0 heterocycles. The van der Waals surface area contributed by atoms with Gasteiger partial charge < -0.3 is 10.6 Å². The Labute approximate surface area is 146 Å². The van der Waals surface area contributed by atoms with E-state index in [1.54, 1.807) is 11.9 Å². The first-order valence-electron chi connectivity index (χ1n) is 8.02. The average Bonchev–Trinajstić information content (AvgIpc) is 2.57. The van der Waals surface area contributed by atoms with Gasteiger partial charge in [0.2, 0.25) is 11.8 Å². The highest BCUT2D eigenvalue weighted by Crippen LogP contribution is 2.11. The van der Waals surface area contributed by atoms with Gasteiger partial charge in [0.25, 0.3) is 0 Å². The number of nitrogens with zero attached hydrogens (tertiary/aromatic N) is 1. The zero-order valence-corrected chi connectivity index (χ0v) is 14.3. The van der Waals surface area contributed by atoms with Gasteiger partial charge >= 0.3 is 0 Å². The van der Waals surface area contributed by atoms with Crippen molar-refractivity contribution in [2.75, 3.05) is 25.5 Å². The van der Waals surface area contributed by atoms with E-state index in [1.807, 2.05) is 37.3 Å². The van der Waals surface area contributed by atoms with E-state index in [0.717, 1.165) is 5.56 Å². The molecule has 0 aliphatic carbocycles. The van der Waals surface area contributed by atoms with Crippen LogP contribution in [0.2, 0.25) is 0 Å². The number of carbonyl (C=O) groups excluding carboxylic acids is 2. The molecule has 0 saturated carbocycles. The summed E-state index contributed by atoms with van der Waals surface area (Å²) in [7, 11) is 1.69. The fourth-order valence-corrected chi connectivity index (χ4v) is 2.39. The third-order valence-corrected chi connectivity index (χ3v) is 3.63. The smallest absolute Gasteiger partial charge is 0.238 e. The first-order valence-corrected chi connectivity index (χ1v) is 8.02. The Bertz CT molecular complexity index is 704. The fraction of sp³-hybridized carbons (Fsp3) is 0.263. The predicted octanol–water partition coefficient (Wildman–Crippen LogP) is 2.57. The van der Waals surface area contributed by atoms with Crippen molar-refractivity contribution >= 4 is 17.5 Å². The number of rotatable bonds is 7. The van der Waals surface area contributed by atoms with E-state index in [9.17, 15) is 14.0 Å². The first kappa shape index (κ1) is 18.6. The third kappa shape index (κ3) is 6.35. The van der Waals surface area contributed by atoms with Crippen LogP contribution in [0, 0.1) is 5.82 Å². The van der Waals surface area contributed by atoms with Gasteiger partial charge in [-0.05, 0) is 43.8 Å². The molecule has 1 atom stereocenters. The second-order valence-electron chi connectivity index (χ2n) is 5.93. The van der Waals surface area contributed by atoms with Crippen LogP contribution in [-0.4, -0.2) is 36.9 Å². The summed E-state index contributed by atoms with van der Waals surface area (Å²) in [6, 6.07) is 15.1. The molecule has 6 heteroatoms. The van der Waals surface area contributed by atoms with Crippen LogP contribution >= 0.6 is 0 Å². The topological polar surface area (TPSA) is 61.4 Å². The Morgan fingerprint density at radius 3 is 2.24 bits per heavy atom. The summed E-state index contributed by atoms with van der Waals surface area (Å²) < 4.78 is 12.8. The minimum atomic E-state index is -0.362. The number of likely N-dealkylation sites (N-methyl/N-ethyl adjacent to an activating group) is 1. The van der Waals surface area contributed by atoms with Crippen LogP contribution in [0.25, 0.3) is 0 Å². The lowest BCUT2D eigenvalue weighted by molar-refractivity contribution is -0.123. The van der Waals surface area contributed by atoms with E-state index < -0.39 is 0 Å². The number of amides is 2. The molecule has 2 rings (SSSR count). The summed E-state index contributed by atoms with van der Waals surface area (Å²) in [5.74, 6) is -0.786. The van der Waals surface area contributed by atoms with Gasteiger partial charge in [-0.25, -0.2) is 4.39 Å². The van der Waals surface area contributed by atoms with Crippen LogP contribution in [-0.2, 0) is 9.59 Å². The minimum absolute atomic E-state index is 0.0600. The number of benzene rings is 2. The fourth-order valence-electron chi connectivity index (χ4n) is 2.39. The van der Waals surface area contributed by atoms with Gasteiger partial charge in [-0.15, -0.1) is 0 Å². The molecule has 2 aromatic rings. The number of hydrogen-bond donors (Lipinski definition) is 2. The second-order valence-corrected chi connectivity index (χ2v) is 5.93. The number of anilines is 1. The molecule has 25 heavy (non-hydrogen) atoms. The lowest BCUT2D eigenvalue weighted by Gasteiger charge is -2.19. The van der Waals surface area contributed by atoms with E-state index in [4.69, 9.17) is 0 Å². The molecule has 0 aliphatic heterocycles. The SMILES string of the molecule is CC(NC(=O)CN(C)CC(=O)Nc1ccc(F)cc1)c1ccccc1. The van der Waals surface area contributed by atoms with Crippen molar-refractivity contribution in [1.29, 1.82) is 0 Å². The lowest BCUT2D eigenvalue weighted by atomic mass is 10.1. The Hall–Kier alpha value is -2.73. The van der Waals surface area contributed by atoms with Gasteiger partial charge in [-0.2, -0.15) is 0 Å². The predicted molar refractivity (Wildman–Crippen MR) is 95.5 cm³/mol. The standard InChI is InChI=1S/C19H22FN3O2/c1-14(15-6-4-3-5-7-15)21-18(24)12-23(2)13-19(25)22-17-10-8-16(20)9-11-17/h3-11,14H,12-13H2,1-2H3,(H,21,24)(H,22,25). The molecular weight excluding hydrogens is 321 g/mol. The van der Waals surface area contributed by atoms with Crippen molar-refractivity contribution in [2.45, 2.75) is 13.0 Å². The number of halogens is 1. The van der Waals surface area contributed by atoms with Crippen molar-refractivity contribution in [3.8, 4) is 0 Å². The summed E-state index contributed by atoms with van der Waals surface area (Å²) in [6.45, 7) is 2.08. The molecule has 1 unspecified atom stereocenters. The molecule has 0 radical (unpaired) electrons. The van der Waals surface area contributed by atoms with Crippen LogP contribution in [0.4, 0.5) is 10.1 Å². The molecule has 132 valence electrons. The summed E-state index contributed by atoms with van der Waals surface area (Å²) in [6.07, 6.45) is 0. The van der Waals surface area contributed by atoms with E-state index in [-0.39, 0.29) is 36.8 Å². The monoisotopic (exact) mass is 343 g/mol. The quantitative estimate of drug-likeness (QED) is 0.812. The molecule has 0 spiro atoms. The largest absolute Gasteiger partial charge is 0.348 e. The second kappa shape index (κ2) is 8.94. The van der Waals surface area contributed by atoms with Crippen molar-refractivity contribution in [2.24, 2.45) is 0 Å². The van der Waals surface area contributed by atoms with Gasteiger partial charge in [0.15, 0.2) is 0 Å². The van der Waals surface area contributed by atoms with E-state index in [1.165, 1.54) is 24.3 Å². The Morgan fingerprint density at radius 2 is 1.60 bits per heavy atom. The van der Waals surface area contributed by atoms with Crippen molar-refractivity contribution in [3.63, 3.8) is 0 Å². The maximum absolute atomic E-state index is 12.8. The first-order chi connectivity index (χ1) is 11.9. The van der Waals surface area contributed by atoms with Gasteiger partial charge in [-0.1, -0.05) is 30.3 Å². The summed E-state index contributed by atoms with van der Waals surface area (Å²) in [4.78, 5) is 25.7. The highest BCUT2D eigenvalue weighted by molar-refractivity contribution is 5.92. The number of nitrogens with one attached hydrogen (secondary N) is 2. The third-order valence-electron chi connectivity index (χ3n) is 3.63. The van der Waals surface area contributed by atoms with E-state index >= 15 is 0 Å². The van der Waals surface area contributed by atoms with E-state index in [0.29, 0.717) is 5.69 Å². The van der Waals surface area contributed by atoms with Crippen molar-refractivity contribution in [3.05, 3.63) is 66.0 Å². The Balaban J connectivity index is 1.76.